The van der Waals surface area contributed by atoms with Gasteiger partial charge in [0.2, 0.25) is 0 Å². The number of carbonyl (C=O) groups is 1. The molecule has 4 aromatic rings. The molecule has 1 aliphatic heterocycles. The van der Waals surface area contributed by atoms with Gasteiger partial charge in [0, 0.05) is 51.0 Å². The fraction of sp³-hybridized carbons (Fsp3) is 0.333. The summed E-state index contributed by atoms with van der Waals surface area (Å²) in [4.78, 5) is 19.3. The number of carbonyl (C=O) groups excluding carboxylic acids is 1. The maximum absolute atomic E-state index is 13.3. The lowest BCUT2D eigenvalue weighted by molar-refractivity contribution is -0.143. The first kappa shape index (κ1) is 20.3. The Balaban J connectivity index is 1.47. The molecule has 5 rings (SSSR count). The molecule has 0 N–H and O–H groups in total. The van der Waals surface area contributed by atoms with Gasteiger partial charge in [0.15, 0.2) is 0 Å². The van der Waals surface area contributed by atoms with Gasteiger partial charge >= 0.3 is 6.18 Å². The lowest BCUT2D eigenvalue weighted by atomic mass is 10.0. The highest BCUT2D eigenvalue weighted by atomic mass is 19.4. The van der Waals surface area contributed by atoms with E-state index in [0.29, 0.717) is 29.9 Å². The number of alkyl halides is 3. The Morgan fingerprint density at radius 2 is 1.88 bits per heavy atom. The van der Waals surface area contributed by atoms with Crippen LogP contribution in [0.4, 0.5) is 13.2 Å². The molecule has 166 valence electrons. The average molecular weight is 443 g/mol. The second-order valence-corrected chi connectivity index (χ2v) is 7.93. The number of amides is 1. The molecule has 8 nitrogen and oxygen atoms in total. The minimum absolute atomic E-state index is 0.126. The van der Waals surface area contributed by atoms with Gasteiger partial charge in [0.25, 0.3) is 5.91 Å². The number of hydrogen-bond donors (Lipinski definition) is 0. The number of aromatic nitrogens is 6. The van der Waals surface area contributed by atoms with Crippen molar-refractivity contribution in [2.24, 2.45) is 21.1 Å². The summed E-state index contributed by atoms with van der Waals surface area (Å²) in [6.07, 6.45) is -0.542. The number of fused-ring (bicyclic) bond motifs is 2. The van der Waals surface area contributed by atoms with E-state index in [2.05, 4.69) is 15.2 Å². The van der Waals surface area contributed by atoms with Crippen LogP contribution in [0.5, 0.6) is 0 Å². The number of hydrogen-bond acceptors (Lipinski definition) is 4. The molecule has 0 spiro atoms. The van der Waals surface area contributed by atoms with Crippen molar-refractivity contribution >= 4 is 16.9 Å². The number of aryl methyl sites for hydroxylation is 3. The number of pyridine rings is 1. The van der Waals surface area contributed by atoms with Gasteiger partial charge in [0.05, 0.1) is 23.5 Å². The fourth-order valence-electron chi connectivity index (χ4n) is 4.38. The Kier molecular flexibility index (Phi) is 4.40. The molecule has 0 saturated carbocycles. The van der Waals surface area contributed by atoms with Crippen molar-refractivity contribution in [3.63, 3.8) is 0 Å². The van der Waals surface area contributed by atoms with Gasteiger partial charge < -0.3 is 9.47 Å². The van der Waals surface area contributed by atoms with Crippen molar-refractivity contribution in [2.45, 2.75) is 19.1 Å². The molecule has 0 radical (unpaired) electrons. The zero-order valence-corrected chi connectivity index (χ0v) is 17.7. The minimum atomic E-state index is -4.49. The van der Waals surface area contributed by atoms with E-state index in [9.17, 15) is 18.0 Å². The smallest absolute Gasteiger partial charge is 0.336 e. The molecule has 4 aromatic heterocycles. The Labute approximate surface area is 180 Å². The van der Waals surface area contributed by atoms with Crippen molar-refractivity contribution in [1.82, 2.24) is 34.0 Å². The van der Waals surface area contributed by atoms with Crippen LogP contribution < -0.4 is 0 Å². The van der Waals surface area contributed by atoms with Crippen molar-refractivity contribution in [3.05, 3.63) is 53.1 Å². The summed E-state index contributed by atoms with van der Waals surface area (Å²) in [5.74, 6) is -0.126. The van der Waals surface area contributed by atoms with E-state index in [-0.39, 0.29) is 18.1 Å². The van der Waals surface area contributed by atoms with Crippen molar-refractivity contribution in [2.75, 3.05) is 6.54 Å². The summed E-state index contributed by atoms with van der Waals surface area (Å²) in [5, 5.41) is 9.35. The minimum Gasteiger partial charge on any atom is -0.336 e. The maximum atomic E-state index is 13.3. The fourth-order valence-corrected chi connectivity index (χ4v) is 4.38. The van der Waals surface area contributed by atoms with Crippen molar-refractivity contribution in [3.8, 4) is 11.4 Å². The van der Waals surface area contributed by atoms with Crippen LogP contribution in [0.2, 0.25) is 0 Å². The van der Waals surface area contributed by atoms with Gasteiger partial charge in [-0.2, -0.15) is 23.4 Å². The molecule has 0 bridgehead atoms. The van der Waals surface area contributed by atoms with E-state index in [4.69, 9.17) is 0 Å². The summed E-state index contributed by atoms with van der Waals surface area (Å²) in [5.41, 5.74) is 2.73. The normalized spacial score (nSPS) is 14.2. The summed E-state index contributed by atoms with van der Waals surface area (Å²) < 4.78 is 43.9. The lowest BCUT2D eigenvalue weighted by Gasteiger charge is -2.26. The third-order valence-electron chi connectivity index (χ3n) is 5.90. The summed E-state index contributed by atoms with van der Waals surface area (Å²) in [6, 6.07) is 4.61. The monoisotopic (exact) mass is 443 g/mol. The molecular formula is C21H20F3N7O. The predicted octanol–water partition coefficient (Wildman–Crippen LogP) is 2.92. The predicted molar refractivity (Wildman–Crippen MR) is 110 cm³/mol. The van der Waals surface area contributed by atoms with Gasteiger partial charge in [-0.15, -0.1) is 0 Å². The van der Waals surface area contributed by atoms with E-state index in [1.807, 2.05) is 23.9 Å². The van der Waals surface area contributed by atoms with Crippen LogP contribution in [0.1, 0.15) is 27.3 Å². The van der Waals surface area contributed by atoms with Crippen LogP contribution in [0.25, 0.3) is 22.4 Å². The number of halogens is 3. The van der Waals surface area contributed by atoms with Gasteiger partial charge in [-0.05, 0) is 24.6 Å². The molecule has 0 aromatic carbocycles. The van der Waals surface area contributed by atoms with E-state index in [1.165, 1.54) is 7.05 Å². The van der Waals surface area contributed by atoms with Gasteiger partial charge in [-0.25, -0.2) is 4.98 Å². The molecule has 32 heavy (non-hydrogen) atoms. The lowest BCUT2D eigenvalue weighted by Crippen LogP contribution is -2.36. The van der Waals surface area contributed by atoms with Crippen molar-refractivity contribution in [1.29, 1.82) is 0 Å². The van der Waals surface area contributed by atoms with Crippen LogP contribution in [-0.2, 0) is 40.3 Å². The van der Waals surface area contributed by atoms with Crippen LogP contribution in [0.15, 0.2) is 30.6 Å². The molecule has 5 heterocycles. The van der Waals surface area contributed by atoms with Gasteiger partial charge in [0.1, 0.15) is 17.0 Å². The highest BCUT2D eigenvalue weighted by Crippen LogP contribution is 2.35. The first-order valence-electron chi connectivity index (χ1n) is 10.0. The topological polar surface area (TPSA) is 73.8 Å². The Bertz CT molecular complexity index is 1360. The van der Waals surface area contributed by atoms with E-state index in [1.54, 1.807) is 28.9 Å². The molecule has 11 heteroatoms. The molecule has 0 aliphatic carbocycles. The van der Waals surface area contributed by atoms with E-state index in [0.717, 1.165) is 27.3 Å². The summed E-state index contributed by atoms with van der Waals surface area (Å²) in [6.45, 7) is 0.706. The highest BCUT2D eigenvalue weighted by Gasteiger charge is 2.36. The van der Waals surface area contributed by atoms with Crippen LogP contribution in [-0.4, -0.2) is 46.5 Å². The molecule has 0 fully saturated rings. The van der Waals surface area contributed by atoms with E-state index >= 15 is 0 Å². The van der Waals surface area contributed by atoms with Gasteiger partial charge in [-0.1, -0.05) is 0 Å². The largest absolute Gasteiger partial charge is 0.433 e. The second kappa shape index (κ2) is 6.94. The first-order chi connectivity index (χ1) is 15.1. The first-order valence-corrected chi connectivity index (χ1v) is 10.0. The molecule has 0 saturated heterocycles. The zero-order valence-electron chi connectivity index (χ0n) is 17.7. The molecule has 1 aliphatic rings. The summed E-state index contributed by atoms with van der Waals surface area (Å²) in [7, 11) is 4.82. The third-order valence-corrected chi connectivity index (χ3v) is 5.90. The molecule has 0 unspecified atom stereocenters. The Hall–Kier alpha value is -3.63. The molecule has 1 amide bonds. The quantitative estimate of drug-likeness (QED) is 0.478. The second-order valence-electron chi connectivity index (χ2n) is 7.93. The van der Waals surface area contributed by atoms with Crippen molar-refractivity contribution < 1.29 is 18.0 Å². The highest BCUT2D eigenvalue weighted by molar-refractivity contribution is 6.05. The molecule has 0 atom stereocenters. The molecular weight excluding hydrogens is 423 g/mol. The Morgan fingerprint density at radius 1 is 1.09 bits per heavy atom. The zero-order chi connectivity index (χ0) is 22.8. The maximum Gasteiger partial charge on any atom is 0.433 e. The van der Waals surface area contributed by atoms with Crippen LogP contribution in [0.3, 0.4) is 0 Å². The third kappa shape index (κ3) is 3.07. The van der Waals surface area contributed by atoms with Gasteiger partial charge in [-0.3, -0.25) is 14.2 Å². The summed E-state index contributed by atoms with van der Waals surface area (Å²) >= 11 is 0. The average Bonchev–Trinajstić information content (AvgIpc) is 3.40. The standard InChI is InChI=1S/C21H20F3N7O/c1-28-8-5-12-13(4-7-25-19(12)28)20(32)31-9-6-14-16(11-31)27-30(3)18(14)15-10-17(21(22,23)24)29(2)26-15/h4-5,7-8,10H,6,9,11H2,1-3H3. The van der Waals surface area contributed by atoms with E-state index < -0.39 is 11.9 Å². The SMILES string of the molecule is Cn1nc(-c2c3c(nn2C)CN(C(=O)c2ccnc4c2ccn4C)CC3)cc1C(F)(F)F. The number of nitrogens with zero attached hydrogens (tertiary/aromatic N) is 7. The Morgan fingerprint density at radius 3 is 2.59 bits per heavy atom. The number of rotatable bonds is 2. The van der Waals surface area contributed by atoms with Crippen LogP contribution in [0, 0.1) is 0 Å². The van der Waals surface area contributed by atoms with Crippen LogP contribution >= 0.6 is 0 Å².